The summed E-state index contributed by atoms with van der Waals surface area (Å²) >= 11 is 3.42. The number of hydrogen-bond acceptors (Lipinski definition) is 4. The Labute approximate surface area is 115 Å². The Balaban J connectivity index is 2.33. The second kappa shape index (κ2) is 4.94. The summed E-state index contributed by atoms with van der Waals surface area (Å²) in [6.07, 6.45) is 3.83. The highest BCUT2D eigenvalue weighted by Gasteiger charge is 2.38. The predicted molar refractivity (Wildman–Crippen MR) is 71.3 cm³/mol. The van der Waals surface area contributed by atoms with Crippen molar-refractivity contribution in [3.63, 3.8) is 0 Å². The summed E-state index contributed by atoms with van der Waals surface area (Å²) in [7, 11) is -3.57. The lowest BCUT2D eigenvalue weighted by Crippen LogP contribution is -2.47. The Morgan fingerprint density at radius 2 is 2.00 bits per heavy atom. The van der Waals surface area contributed by atoms with Crippen LogP contribution < -0.4 is 4.72 Å². The molecule has 102 valence electrons. The minimum absolute atomic E-state index is 0.176. The van der Waals surface area contributed by atoms with Crippen molar-refractivity contribution in [3.8, 4) is 0 Å². The van der Waals surface area contributed by atoms with Gasteiger partial charge in [0.15, 0.2) is 5.76 Å². The second-order valence-corrected chi connectivity index (χ2v) is 7.06. The molecule has 7 heteroatoms. The third kappa shape index (κ3) is 2.48. The molecule has 18 heavy (non-hydrogen) atoms. The van der Waals surface area contributed by atoms with Gasteiger partial charge in [0.1, 0.15) is 10.6 Å². The molecule has 1 aromatic rings. The number of sulfonamides is 1. The molecule has 1 aliphatic rings. The number of nitrogens with one attached hydrogen (secondary N) is 1. The van der Waals surface area contributed by atoms with Crippen LogP contribution in [0.5, 0.6) is 0 Å². The van der Waals surface area contributed by atoms with E-state index in [2.05, 4.69) is 25.8 Å². The van der Waals surface area contributed by atoms with Crippen molar-refractivity contribution in [2.75, 3.05) is 5.33 Å². The van der Waals surface area contributed by atoms with E-state index in [4.69, 9.17) is 4.52 Å². The van der Waals surface area contributed by atoms with Crippen molar-refractivity contribution < 1.29 is 12.9 Å². The quantitative estimate of drug-likeness (QED) is 0.856. The molecule has 1 heterocycles. The monoisotopic (exact) mass is 336 g/mol. The normalized spacial score (nSPS) is 19.3. The fraction of sp³-hybridized carbons (Fsp3) is 0.727. The van der Waals surface area contributed by atoms with E-state index in [1.54, 1.807) is 13.8 Å². The summed E-state index contributed by atoms with van der Waals surface area (Å²) in [6.45, 7) is 3.25. The van der Waals surface area contributed by atoms with E-state index in [1.165, 1.54) is 0 Å². The Morgan fingerprint density at radius 1 is 1.39 bits per heavy atom. The van der Waals surface area contributed by atoms with Crippen LogP contribution in [-0.4, -0.2) is 24.4 Å². The van der Waals surface area contributed by atoms with Crippen LogP contribution in [0.25, 0.3) is 0 Å². The van der Waals surface area contributed by atoms with E-state index < -0.39 is 10.0 Å². The largest absolute Gasteiger partial charge is 0.360 e. The maximum absolute atomic E-state index is 12.4. The fourth-order valence-electron chi connectivity index (χ4n) is 2.51. The predicted octanol–water partition coefficient (Wildman–Crippen LogP) is 2.28. The van der Waals surface area contributed by atoms with E-state index in [0.29, 0.717) is 16.8 Å². The molecule has 0 unspecified atom stereocenters. The topological polar surface area (TPSA) is 72.2 Å². The Morgan fingerprint density at radius 3 is 2.44 bits per heavy atom. The fourth-order valence-corrected chi connectivity index (χ4v) is 5.19. The van der Waals surface area contributed by atoms with E-state index >= 15 is 0 Å². The van der Waals surface area contributed by atoms with Gasteiger partial charge in [-0.15, -0.1) is 0 Å². The summed E-state index contributed by atoms with van der Waals surface area (Å²) in [4.78, 5) is 0.176. The molecule has 5 nitrogen and oxygen atoms in total. The Bertz CT molecular complexity index is 513. The number of nitrogens with zero attached hydrogens (tertiary/aromatic N) is 1. The first-order valence-electron chi connectivity index (χ1n) is 5.93. The van der Waals surface area contributed by atoms with Gasteiger partial charge in [0.2, 0.25) is 10.0 Å². The molecule has 1 aliphatic carbocycles. The highest BCUT2D eigenvalue weighted by Crippen LogP contribution is 2.33. The molecule has 2 rings (SSSR count). The average Bonchev–Trinajstić information content (AvgIpc) is 2.86. The van der Waals surface area contributed by atoms with E-state index in [0.717, 1.165) is 25.7 Å². The van der Waals surface area contributed by atoms with Crippen molar-refractivity contribution in [1.82, 2.24) is 9.88 Å². The molecule has 0 aromatic carbocycles. The van der Waals surface area contributed by atoms with Crippen LogP contribution in [0, 0.1) is 13.8 Å². The van der Waals surface area contributed by atoms with Gasteiger partial charge in [0, 0.05) is 10.9 Å². The highest BCUT2D eigenvalue weighted by molar-refractivity contribution is 9.09. The number of aromatic nitrogens is 1. The van der Waals surface area contributed by atoms with E-state index in [-0.39, 0.29) is 10.4 Å². The number of rotatable bonds is 4. The van der Waals surface area contributed by atoms with Gasteiger partial charge in [0.05, 0.1) is 0 Å². The second-order valence-electron chi connectivity index (χ2n) is 4.88. The molecule has 1 aromatic heterocycles. The van der Waals surface area contributed by atoms with Crippen molar-refractivity contribution in [2.45, 2.75) is 50.0 Å². The molecule has 0 radical (unpaired) electrons. The zero-order valence-electron chi connectivity index (χ0n) is 10.5. The third-order valence-corrected chi connectivity index (χ3v) is 6.30. The van der Waals surface area contributed by atoms with Crippen LogP contribution >= 0.6 is 15.9 Å². The van der Waals surface area contributed by atoms with Gasteiger partial charge in [-0.1, -0.05) is 33.9 Å². The van der Waals surface area contributed by atoms with Gasteiger partial charge in [-0.3, -0.25) is 0 Å². The third-order valence-electron chi connectivity index (χ3n) is 3.40. The summed E-state index contributed by atoms with van der Waals surface area (Å²) in [5, 5.41) is 4.33. The molecule has 1 saturated carbocycles. The van der Waals surface area contributed by atoms with Crippen molar-refractivity contribution >= 4 is 26.0 Å². The van der Waals surface area contributed by atoms with Gasteiger partial charge >= 0.3 is 0 Å². The molecule has 1 fully saturated rings. The zero-order valence-corrected chi connectivity index (χ0v) is 12.9. The Kier molecular flexibility index (Phi) is 3.85. The first-order chi connectivity index (χ1) is 8.40. The molecule has 0 bridgehead atoms. The number of alkyl halides is 1. The van der Waals surface area contributed by atoms with Gasteiger partial charge in [-0.05, 0) is 26.7 Å². The maximum atomic E-state index is 12.4. The SMILES string of the molecule is Cc1noc(C)c1S(=O)(=O)NC1(CBr)CCCC1. The molecule has 0 atom stereocenters. The molecule has 0 amide bonds. The number of hydrogen-bond donors (Lipinski definition) is 1. The molecule has 0 spiro atoms. The summed E-state index contributed by atoms with van der Waals surface area (Å²) in [5.74, 6) is 0.336. The van der Waals surface area contributed by atoms with Crippen molar-refractivity contribution in [2.24, 2.45) is 0 Å². The average molecular weight is 337 g/mol. The zero-order chi connectivity index (χ0) is 13.4. The van der Waals surface area contributed by atoms with Crippen LogP contribution in [-0.2, 0) is 10.0 Å². The molecule has 0 aliphatic heterocycles. The molecular weight excluding hydrogens is 320 g/mol. The van der Waals surface area contributed by atoms with Crippen LogP contribution in [0.3, 0.4) is 0 Å². The highest BCUT2D eigenvalue weighted by atomic mass is 79.9. The minimum Gasteiger partial charge on any atom is -0.360 e. The lowest BCUT2D eigenvalue weighted by atomic mass is 10.0. The summed E-state index contributed by atoms with van der Waals surface area (Å²) in [5.41, 5.74) is 0.0392. The first kappa shape index (κ1) is 14.0. The molecular formula is C11H17BrN2O3S. The first-order valence-corrected chi connectivity index (χ1v) is 8.53. The van der Waals surface area contributed by atoms with Crippen LogP contribution in [0.1, 0.15) is 37.1 Å². The molecule has 1 N–H and O–H groups in total. The lowest BCUT2D eigenvalue weighted by Gasteiger charge is -2.27. The smallest absolute Gasteiger partial charge is 0.246 e. The van der Waals surface area contributed by atoms with Crippen LogP contribution in [0.2, 0.25) is 0 Å². The van der Waals surface area contributed by atoms with Gasteiger partial charge in [0.25, 0.3) is 0 Å². The Hall–Kier alpha value is -0.400. The maximum Gasteiger partial charge on any atom is 0.246 e. The van der Waals surface area contributed by atoms with Crippen LogP contribution in [0.4, 0.5) is 0 Å². The lowest BCUT2D eigenvalue weighted by molar-refractivity contribution is 0.390. The van der Waals surface area contributed by atoms with Gasteiger partial charge in [-0.25, -0.2) is 13.1 Å². The number of aryl methyl sites for hydroxylation is 2. The van der Waals surface area contributed by atoms with Crippen molar-refractivity contribution in [3.05, 3.63) is 11.5 Å². The van der Waals surface area contributed by atoms with Gasteiger partial charge < -0.3 is 4.52 Å². The van der Waals surface area contributed by atoms with E-state index in [1.807, 2.05) is 0 Å². The molecule has 0 saturated heterocycles. The summed E-state index contributed by atoms with van der Waals surface area (Å²) < 4.78 is 32.6. The van der Waals surface area contributed by atoms with Crippen LogP contribution in [0.15, 0.2) is 9.42 Å². The minimum atomic E-state index is -3.57. The number of halogens is 1. The summed E-state index contributed by atoms with van der Waals surface area (Å²) in [6, 6.07) is 0. The van der Waals surface area contributed by atoms with Crippen molar-refractivity contribution in [1.29, 1.82) is 0 Å². The van der Waals surface area contributed by atoms with Gasteiger partial charge in [-0.2, -0.15) is 0 Å². The van der Waals surface area contributed by atoms with E-state index in [9.17, 15) is 8.42 Å². The standard InChI is InChI=1S/C11H17BrN2O3S/c1-8-10(9(2)17-13-8)18(15,16)14-11(7-12)5-3-4-6-11/h14H,3-7H2,1-2H3.